The molecule has 0 unspecified atom stereocenters. The Balaban J connectivity index is 1.93. The first kappa shape index (κ1) is 20.4. The number of aliphatic imine (C=N–C) groups is 1. The fourth-order valence-corrected chi connectivity index (χ4v) is 3.70. The number of nitrogens with zero attached hydrogens (tertiary/aromatic N) is 2. The summed E-state index contributed by atoms with van der Waals surface area (Å²) < 4.78 is 17.5. The molecule has 0 fully saturated rings. The lowest BCUT2D eigenvalue weighted by Crippen LogP contribution is -2.16. The van der Waals surface area contributed by atoms with E-state index in [9.17, 15) is 9.90 Å². The van der Waals surface area contributed by atoms with Crippen molar-refractivity contribution >= 4 is 35.8 Å². The maximum absolute atomic E-state index is 12.6. The number of ether oxygens (including phenoxy) is 3. The highest BCUT2D eigenvalue weighted by atomic mass is 32.1. The van der Waals surface area contributed by atoms with Gasteiger partial charge < -0.3 is 19.3 Å². The van der Waals surface area contributed by atoms with Crippen LogP contribution in [0.3, 0.4) is 0 Å². The van der Waals surface area contributed by atoms with E-state index in [1.807, 2.05) is 24.3 Å². The number of hydrogen-bond acceptors (Lipinski definition) is 7. The molecule has 3 aromatic rings. The highest BCUT2D eigenvalue weighted by Crippen LogP contribution is 2.40. The second kappa shape index (κ2) is 8.11. The first-order valence-electron chi connectivity index (χ1n) is 9.22. The zero-order valence-electron chi connectivity index (χ0n) is 17.0. The van der Waals surface area contributed by atoms with Gasteiger partial charge in [-0.15, -0.1) is 0 Å². The zero-order chi connectivity index (χ0) is 22.1. The molecule has 2 aromatic carbocycles. The number of aromatic amines is 1. The highest BCUT2D eigenvalue weighted by molar-refractivity contribution is 7.71. The number of aromatic nitrogens is 2. The summed E-state index contributed by atoms with van der Waals surface area (Å²) in [7, 11) is 4.47. The van der Waals surface area contributed by atoms with Crippen molar-refractivity contribution in [3.05, 3.63) is 62.6 Å². The van der Waals surface area contributed by atoms with Gasteiger partial charge in [0.1, 0.15) is 5.56 Å². The van der Waals surface area contributed by atoms with Gasteiger partial charge in [0.15, 0.2) is 16.3 Å². The van der Waals surface area contributed by atoms with Crippen LogP contribution in [-0.2, 0) is 0 Å². The van der Waals surface area contributed by atoms with Crippen LogP contribution in [0, 0.1) is 4.77 Å². The van der Waals surface area contributed by atoms with Crippen LogP contribution in [0.4, 0.5) is 5.69 Å². The standard InChI is InChI=1S/C22H19N3O5S/c1-28-17-9-13(10-18(29-2)19(17)30-3)25-21(27)15(20(26)24-22(25)31)8-12-11-23-16-7-5-4-6-14(12)16/h4-11,27H,1-3H3,(H,24,26,31). The van der Waals surface area contributed by atoms with Crippen LogP contribution in [0.5, 0.6) is 23.1 Å². The van der Waals surface area contributed by atoms with E-state index in [1.54, 1.807) is 24.4 Å². The van der Waals surface area contributed by atoms with Crippen molar-refractivity contribution in [3.8, 4) is 28.8 Å². The van der Waals surface area contributed by atoms with E-state index in [0.717, 1.165) is 11.3 Å². The lowest BCUT2D eigenvalue weighted by molar-refractivity contribution is 0.324. The molecule has 8 nitrogen and oxygen atoms in total. The van der Waals surface area contributed by atoms with Gasteiger partial charge in [-0.3, -0.25) is 19.3 Å². The summed E-state index contributed by atoms with van der Waals surface area (Å²) in [5.41, 5.74) is 2.31. The number of methoxy groups -OCH3 is 3. The second-order valence-electron chi connectivity index (χ2n) is 6.59. The number of hydrogen-bond donors (Lipinski definition) is 2. The molecule has 0 atom stereocenters. The molecule has 1 aliphatic rings. The van der Waals surface area contributed by atoms with E-state index in [0.29, 0.717) is 28.5 Å². The number of H-pyrrole nitrogens is 1. The molecule has 0 saturated carbocycles. The first-order chi connectivity index (χ1) is 15.0. The smallest absolute Gasteiger partial charge is 0.262 e. The summed E-state index contributed by atoms with van der Waals surface area (Å²) in [5, 5.41) is 11.0. The van der Waals surface area contributed by atoms with E-state index >= 15 is 0 Å². The maximum atomic E-state index is 12.6. The fraction of sp³-hybridized carbons (Fsp3) is 0.136. The largest absolute Gasteiger partial charge is 0.494 e. The van der Waals surface area contributed by atoms with Crippen molar-refractivity contribution in [2.24, 2.45) is 4.99 Å². The monoisotopic (exact) mass is 437 g/mol. The van der Waals surface area contributed by atoms with Crippen LogP contribution < -0.4 is 19.8 Å². The number of fused-ring (bicyclic) bond motifs is 1. The van der Waals surface area contributed by atoms with Crippen LogP contribution in [0.1, 0.15) is 11.1 Å². The molecule has 0 radical (unpaired) electrons. The van der Waals surface area contributed by atoms with Gasteiger partial charge in [-0.05, 0) is 24.4 Å². The normalized spacial score (nSPS) is 13.3. The summed E-state index contributed by atoms with van der Waals surface area (Å²) in [5.74, 6) is 0.820. The van der Waals surface area contributed by atoms with Crippen LogP contribution in [0.15, 0.2) is 46.2 Å². The molecule has 158 valence electrons. The van der Waals surface area contributed by atoms with Crippen molar-refractivity contribution in [1.82, 2.24) is 9.55 Å². The predicted molar refractivity (Wildman–Crippen MR) is 121 cm³/mol. The van der Waals surface area contributed by atoms with E-state index in [-0.39, 0.29) is 16.2 Å². The first-order valence-corrected chi connectivity index (χ1v) is 9.63. The van der Waals surface area contributed by atoms with E-state index in [4.69, 9.17) is 26.4 Å². The molecule has 2 N–H and O–H groups in total. The van der Waals surface area contributed by atoms with Gasteiger partial charge >= 0.3 is 0 Å². The minimum absolute atomic E-state index is 0.0133. The summed E-state index contributed by atoms with van der Waals surface area (Å²) >= 11 is 5.32. The molecule has 0 saturated heterocycles. The molecule has 9 heteroatoms. The van der Waals surface area contributed by atoms with E-state index in [1.165, 1.54) is 25.9 Å². The maximum Gasteiger partial charge on any atom is 0.262 e. The summed E-state index contributed by atoms with van der Waals surface area (Å²) in [6.45, 7) is 0. The van der Waals surface area contributed by atoms with Gasteiger partial charge in [0.25, 0.3) is 5.56 Å². The third kappa shape index (κ3) is 3.49. The van der Waals surface area contributed by atoms with E-state index < -0.39 is 5.56 Å². The van der Waals surface area contributed by atoms with Gasteiger partial charge in [-0.1, -0.05) is 18.2 Å². The molecule has 0 amide bonds. The molecule has 1 aromatic heterocycles. The van der Waals surface area contributed by atoms with Crippen molar-refractivity contribution in [3.63, 3.8) is 0 Å². The van der Waals surface area contributed by atoms with Gasteiger partial charge in [0.2, 0.25) is 11.6 Å². The minimum Gasteiger partial charge on any atom is -0.494 e. The predicted octanol–water partition coefficient (Wildman–Crippen LogP) is 3.88. The average molecular weight is 437 g/mol. The Hall–Kier alpha value is -3.85. The Morgan fingerprint density at radius 3 is 2.42 bits per heavy atom. The summed E-state index contributed by atoms with van der Waals surface area (Å²) in [6, 6.07) is 10.8. The molecule has 0 aliphatic carbocycles. The van der Waals surface area contributed by atoms with Crippen molar-refractivity contribution in [1.29, 1.82) is 0 Å². The number of aromatic hydroxyl groups is 1. The third-order valence-corrected chi connectivity index (χ3v) is 5.17. The SMILES string of the molecule is COc1cc(-n2c(O)c(C=C3C=Nc4ccccc43)c(=O)[nH]c2=S)cc(OC)c1OC. The topological polar surface area (TPSA) is 98.1 Å². The Kier molecular flexibility index (Phi) is 5.35. The molecule has 4 rings (SSSR count). The Morgan fingerprint density at radius 1 is 1.10 bits per heavy atom. The number of benzene rings is 2. The lowest BCUT2D eigenvalue weighted by Gasteiger charge is -2.17. The summed E-state index contributed by atoms with van der Waals surface area (Å²) in [6.07, 6.45) is 3.22. The van der Waals surface area contributed by atoms with Crippen LogP contribution >= 0.6 is 12.2 Å². The number of nitrogens with one attached hydrogen (secondary N) is 1. The molecular formula is C22H19N3O5S. The average Bonchev–Trinajstić information content (AvgIpc) is 3.18. The van der Waals surface area contributed by atoms with Crippen molar-refractivity contribution in [2.75, 3.05) is 21.3 Å². The quantitative estimate of drug-likeness (QED) is 0.588. The van der Waals surface area contributed by atoms with Gasteiger partial charge in [-0.25, -0.2) is 0 Å². The molecule has 0 bridgehead atoms. The van der Waals surface area contributed by atoms with E-state index in [2.05, 4.69) is 9.98 Å². The molecular weight excluding hydrogens is 418 g/mol. The molecule has 31 heavy (non-hydrogen) atoms. The second-order valence-corrected chi connectivity index (χ2v) is 6.98. The Morgan fingerprint density at radius 2 is 1.77 bits per heavy atom. The Bertz CT molecular complexity index is 1330. The van der Waals surface area contributed by atoms with Crippen LogP contribution in [0.25, 0.3) is 17.3 Å². The fourth-order valence-electron chi connectivity index (χ4n) is 3.41. The Labute approximate surface area is 182 Å². The molecule has 0 spiro atoms. The van der Waals surface area contributed by atoms with Gasteiger partial charge in [0.05, 0.1) is 32.7 Å². The lowest BCUT2D eigenvalue weighted by atomic mass is 10.1. The van der Waals surface area contributed by atoms with Crippen molar-refractivity contribution < 1.29 is 19.3 Å². The van der Waals surface area contributed by atoms with Gasteiger partial charge in [-0.2, -0.15) is 0 Å². The summed E-state index contributed by atoms with van der Waals surface area (Å²) in [4.78, 5) is 19.6. The highest BCUT2D eigenvalue weighted by Gasteiger charge is 2.19. The number of allylic oxidation sites excluding steroid dienone is 1. The number of rotatable bonds is 5. The van der Waals surface area contributed by atoms with Crippen LogP contribution in [-0.4, -0.2) is 42.2 Å². The third-order valence-electron chi connectivity index (χ3n) is 4.89. The molecule has 1 aliphatic heterocycles. The minimum atomic E-state index is -0.517. The number of para-hydroxylation sites is 1. The van der Waals surface area contributed by atoms with Crippen LogP contribution in [0.2, 0.25) is 0 Å². The molecule has 2 heterocycles. The van der Waals surface area contributed by atoms with Gasteiger partial charge in [0, 0.05) is 29.5 Å². The van der Waals surface area contributed by atoms with Crippen molar-refractivity contribution in [2.45, 2.75) is 0 Å². The zero-order valence-corrected chi connectivity index (χ0v) is 17.8.